The fourth-order valence-electron chi connectivity index (χ4n) is 2.68. The molecule has 0 aliphatic heterocycles. The highest BCUT2D eigenvalue weighted by Crippen LogP contribution is 2.53. The fourth-order valence-corrected chi connectivity index (χ4v) is 2.68. The van der Waals surface area contributed by atoms with E-state index in [2.05, 4.69) is 18.7 Å². The van der Waals surface area contributed by atoms with Crippen molar-refractivity contribution < 1.29 is 4.74 Å². The van der Waals surface area contributed by atoms with E-state index in [9.17, 15) is 0 Å². The second-order valence-electron chi connectivity index (χ2n) is 5.26. The minimum absolute atomic E-state index is 0.332. The maximum absolute atomic E-state index is 7.52. The quantitative estimate of drug-likeness (QED) is 0.717. The smallest absolute Gasteiger partial charge is 0.261 e. The van der Waals surface area contributed by atoms with Gasteiger partial charge in [0.2, 0.25) is 0 Å². The Balaban J connectivity index is 2.30. The molecule has 1 fully saturated rings. The Labute approximate surface area is 103 Å². The second kappa shape index (κ2) is 4.41. The number of hydrogen-bond donors (Lipinski definition) is 0. The van der Waals surface area contributed by atoms with Crippen LogP contribution in [0.15, 0.2) is 24.3 Å². The molecule has 1 aromatic carbocycles. The van der Waals surface area contributed by atoms with Crippen LogP contribution in [0.5, 0.6) is 5.75 Å². The Morgan fingerprint density at radius 1 is 1.35 bits per heavy atom. The van der Waals surface area contributed by atoms with E-state index in [0.717, 1.165) is 24.2 Å². The van der Waals surface area contributed by atoms with E-state index in [4.69, 9.17) is 11.3 Å². The molecule has 0 bridgehead atoms. The lowest BCUT2D eigenvalue weighted by molar-refractivity contribution is 0.134. The van der Waals surface area contributed by atoms with Crippen molar-refractivity contribution in [2.45, 2.75) is 32.2 Å². The van der Waals surface area contributed by atoms with Gasteiger partial charge >= 0.3 is 0 Å². The van der Waals surface area contributed by atoms with Gasteiger partial charge in [-0.1, -0.05) is 26.0 Å². The van der Waals surface area contributed by atoms with Crippen LogP contribution >= 0.6 is 0 Å². The van der Waals surface area contributed by atoms with Crippen molar-refractivity contribution in [2.24, 2.45) is 11.8 Å². The molecule has 0 radical (unpaired) electrons. The van der Waals surface area contributed by atoms with Crippen LogP contribution in [0.1, 0.15) is 32.3 Å². The molecule has 1 saturated carbocycles. The predicted molar refractivity (Wildman–Crippen MR) is 68.8 cm³/mol. The van der Waals surface area contributed by atoms with Crippen LogP contribution in [-0.4, -0.2) is 7.11 Å². The van der Waals surface area contributed by atoms with Crippen LogP contribution in [0.25, 0.3) is 4.85 Å². The number of methoxy groups -OCH3 is 1. The van der Waals surface area contributed by atoms with Crippen molar-refractivity contribution >= 4 is 0 Å². The first kappa shape index (κ1) is 12.0. The first-order valence-corrected chi connectivity index (χ1v) is 6.15. The molecule has 0 saturated heterocycles. The normalized spacial score (nSPS) is 27.4. The van der Waals surface area contributed by atoms with Gasteiger partial charge in [-0.05, 0) is 24.0 Å². The van der Waals surface area contributed by atoms with Gasteiger partial charge in [-0.3, -0.25) is 0 Å². The van der Waals surface area contributed by atoms with Crippen LogP contribution in [0, 0.1) is 18.4 Å². The van der Waals surface area contributed by atoms with E-state index in [-0.39, 0.29) is 5.54 Å². The molecular weight excluding hydrogens is 210 g/mol. The molecule has 0 heterocycles. The van der Waals surface area contributed by atoms with Gasteiger partial charge < -0.3 is 9.58 Å². The van der Waals surface area contributed by atoms with E-state index in [1.54, 1.807) is 7.11 Å². The highest BCUT2D eigenvalue weighted by atomic mass is 16.5. The Bertz CT molecular complexity index is 438. The molecule has 1 aliphatic rings. The molecule has 0 unspecified atom stereocenters. The molecule has 0 atom stereocenters. The Morgan fingerprint density at radius 2 is 2.00 bits per heavy atom. The Kier molecular flexibility index (Phi) is 3.11. The highest BCUT2D eigenvalue weighted by molar-refractivity contribution is 5.43. The van der Waals surface area contributed by atoms with Crippen molar-refractivity contribution in [1.82, 2.24) is 0 Å². The van der Waals surface area contributed by atoms with E-state index >= 15 is 0 Å². The molecule has 17 heavy (non-hydrogen) atoms. The molecule has 0 N–H and O–H groups in total. The van der Waals surface area contributed by atoms with E-state index in [0.29, 0.717) is 11.8 Å². The molecule has 1 aromatic rings. The molecule has 2 rings (SSSR count). The minimum atomic E-state index is -0.332. The molecule has 0 spiro atoms. The third-order valence-electron chi connectivity index (χ3n) is 3.96. The first-order valence-electron chi connectivity index (χ1n) is 6.15. The van der Waals surface area contributed by atoms with Gasteiger partial charge in [0.25, 0.3) is 5.54 Å². The number of nitrogens with zero attached hydrogens (tertiary/aromatic N) is 1. The lowest BCUT2D eigenvalue weighted by Gasteiger charge is -2.40. The summed E-state index contributed by atoms with van der Waals surface area (Å²) < 4.78 is 5.38. The second-order valence-corrected chi connectivity index (χ2v) is 5.26. The van der Waals surface area contributed by atoms with Crippen LogP contribution in [0.3, 0.4) is 0 Å². The minimum Gasteiger partial charge on any atom is -0.496 e. The molecule has 0 aromatic heterocycles. The summed E-state index contributed by atoms with van der Waals surface area (Å²) in [4.78, 5) is 3.91. The summed E-state index contributed by atoms with van der Waals surface area (Å²) in [7, 11) is 1.68. The fraction of sp³-hybridized carbons (Fsp3) is 0.533. The number of rotatable bonds is 3. The molecule has 2 nitrogen and oxygen atoms in total. The van der Waals surface area contributed by atoms with Gasteiger partial charge in [0.15, 0.2) is 0 Å². The van der Waals surface area contributed by atoms with Gasteiger partial charge in [0.05, 0.1) is 12.7 Å². The van der Waals surface area contributed by atoms with Crippen molar-refractivity contribution in [3.05, 3.63) is 41.2 Å². The Hall–Kier alpha value is -1.49. The summed E-state index contributed by atoms with van der Waals surface area (Å²) in [6.07, 6.45) is 1.93. The van der Waals surface area contributed by atoms with Gasteiger partial charge in [0, 0.05) is 12.8 Å². The monoisotopic (exact) mass is 229 g/mol. The van der Waals surface area contributed by atoms with Gasteiger partial charge in [-0.2, -0.15) is 0 Å². The zero-order chi connectivity index (χ0) is 12.5. The summed E-state index contributed by atoms with van der Waals surface area (Å²) in [5, 5.41) is 0. The number of benzene rings is 1. The molecule has 90 valence electrons. The predicted octanol–water partition coefficient (Wildman–Crippen LogP) is 3.88. The highest BCUT2D eigenvalue weighted by Gasteiger charge is 2.54. The zero-order valence-electron chi connectivity index (χ0n) is 10.7. The van der Waals surface area contributed by atoms with E-state index in [1.807, 2.05) is 24.3 Å². The average molecular weight is 229 g/mol. The number of hydrogen-bond acceptors (Lipinski definition) is 1. The van der Waals surface area contributed by atoms with Crippen LogP contribution in [0.2, 0.25) is 0 Å². The van der Waals surface area contributed by atoms with Crippen LogP contribution < -0.4 is 4.74 Å². The van der Waals surface area contributed by atoms with E-state index in [1.165, 1.54) is 0 Å². The third kappa shape index (κ3) is 1.91. The molecular formula is C15H19NO. The average Bonchev–Trinajstić information content (AvgIpc) is 2.28. The van der Waals surface area contributed by atoms with Crippen molar-refractivity contribution in [3.8, 4) is 5.75 Å². The first-order chi connectivity index (χ1) is 8.13. The molecule has 1 aliphatic carbocycles. The topological polar surface area (TPSA) is 13.6 Å². The van der Waals surface area contributed by atoms with E-state index < -0.39 is 0 Å². The van der Waals surface area contributed by atoms with Crippen LogP contribution in [0.4, 0.5) is 0 Å². The maximum Gasteiger partial charge on any atom is 0.261 e. The number of para-hydroxylation sites is 1. The summed E-state index contributed by atoms with van der Waals surface area (Å²) in [6.45, 7) is 12.0. The SMILES string of the molecule is [C-]#[N+]C1(c2ccccc2OC)CC(C(C)C)C1. The van der Waals surface area contributed by atoms with Gasteiger partial charge in [-0.25, -0.2) is 6.57 Å². The van der Waals surface area contributed by atoms with Gasteiger partial charge in [0.1, 0.15) is 5.75 Å². The van der Waals surface area contributed by atoms with Crippen LogP contribution in [-0.2, 0) is 5.54 Å². The summed E-state index contributed by atoms with van der Waals surface area (Å²) in [5.41, 5.74) is 0.732. The summed E-state index contributed by atoms with van der Waals surface area (Å²) >= 11 is 0. The van der Waals surface area contributed by atoms with Gasteiger partial charge in [-0.15, -0.1) is 0 Å². The molecule has 0 amide bonds. The lowest BCUT2D eigenvalue weighted by atomic mass is 9.61. The summed E-state index contributed by atoms with van der Waals surface area (Å²) in [6, 6.07) is 7.93. The maximum atomic E-state index is 7.52. The molecule has 2 heteroatoms. The third-order valence-corrected chi connectivity index (χ3v) is 3.96. The Morgan fingerprint density at radius 3 is 2.53 bits per heavy atom. The zero-order valence-corrected chi connectivity index (χ0v) is 10.7. The standard InChI is InChI=1S/C15H19NO/c1-11(2)12-9-15(10-12,16-3)13-7-5-6-8-14(13)17-4/h5-8,11-12H,9-10H2,1-2,4H3. The van der Waals surface area contributed by atoms with Crippen molar-refractivity contribution in [2.75, 3.05) is 7.11 Å². The summed E-state index contributed by atoms with van der Waals surface area (Å²) in [5.74, 6) is 2.19. The largest absolute Gasteiger partial charge is 0.496 e. The number of ether oxygens (including phenoxy) is 1. The van der Waals surface area contributed by atoms with Crippen molar-refractivity contribution in [3.63, 3.8) is 0 Å². The van der Waals surface area contributed by atoms with Crippen molar-refractivity contribution in [1.29, 1.82) is 0 Å². The lowest BCUT2D eigenvalue weighted by Crippen LogP contribution is -2.41.